The Kier molecular flexibility index (Phi) is 3.97. The lowest BCUT2D eigenvalue weighted by Crippen LogP contribution is -2.20. The van der Waals surface area contributed by atoms with Gasteiger partial charge in [0.25, 0.3) is 10.0 Å². The van der Waals surface area contributed by atoms with E-state index >= 15 is 0 Å². The van der Waals surface area contributed by atoms with Gasteiger partial charge in [-0.05, 0) is 48.6 Å². The number of methoxy groups -OCH3 is 1. The zero-order chi connectivity index (χ0) is 20.2. The van der Waals surface area contributed by atoms with Gasteiger partial charge in [-0.2, -0.15) is 0 Å². The quantitative estimate of drug-likeness (QED) is 0.667. The Balaban J connectivity index is 1.58. The van der Waals surface area contributed by atoms with E-state index in [-0.39, 0.29) is 28.5 Å². The summed E-state index contributed by atoms with van der Waals surface area (Å²) in [7, 11) is -2.47. The highest BCUT2D eigenvalue weighted by Crippen LogP contribution is 2.58. The minimum absolute atomic E-state index is 0.00744. The molecular weight excluding hydrogens is 392 g/mol. The first-order valence-electron chi connectivity index (χ1n) is 9.36. The number of aliphatic hydroxyl groups is 1. The van der Waals surface area contributed by atoms with E-state index in [1.807, 2.05) is 18.2 Å². The summed E-state index contributed by atoms with van der Waals surface area (Å²) in [6, 6.07) is 12.3. The van der Waals surface area contributed by atoms with Gasteiger partial charge >= 0.3 is 0 Å². The van der Waals surface area contributed by atoms with Gasteiger partial charge in [0, 0.05) is 16.5 Å². The van der Waals surface area contributed by atoms with Crippen molar-refractivity contribution in [1.82, 2.24) is 5.16 Å². The molecule has 0 unspecified atom stereocenters. The second-order valence-corrected chi connectivity index (χ2v) is 9.24. The van der Waals surface area contributed by atoms with Crippen LogP contribution in [-0.4, -0.2) is 25.8 Å². The first-order chi connectivity index (χ1) is 14.0. The molecule has 1 heterocycles. The first kappa shape index (κ1) is 18.2. The van der Waals surface area contributed by atoms with Crippen molar-refractivity contribution >= 4 is 15.8 Å². The van der Waals surface area contributed by atoms with Crippen LogP contribution in [0.15, 0.2) is 51.9 Å². The molecule has 2 aliphatic carbocycles. The number of aliphatic hydroxyl groups excluding tert-OH is 1. The second kappa shape index (κ2) is 6.33. The maximum absolute atomic E-state index is 13.0. The molecule has 0 aliphatic heterocycles. The Morgan fingerprint density at radius 2 is 2.03 bits per heavy atom. The normalized spacial score (nSPS) is 16.2. The Bertz CT molecular complexity index is 1210. The van der Waals surface area contributed by atoms with Crippen molar-refractivity contribution in [1.29, 1.82) is 0 Å². The first-order valence-corrected chi connectivity index (χ1v) is 10.8. The number of aromatic nitrogens is 1. The van der Waals surface area contributed by atoms with E-state index in [9.17, 15) is 13.5 Å². The van der Waals surface area contributed by atoms with Crippen molar-refractivity contribution in [2.75, 3.05) is 11.8 Å². The molecule has 8 heteroatoms. The maximum atomic E-state index is 13.0. The van der Waals surface area contributed by atoms with Crippen molar-refractivity contribution in [3.8, 4) is 17.1 Å². The minimum Gasteiger partial charge on any atom is -0.495 e. The van der Waals surface area contributed by atoms with Gasteiger partial charge in [0.15, 0.2) is 11.6 Å². The molecule has 0 radical (unpaired) electrons. The van der Waals surface area contributed by atoms with E-state index in [2.05, 4.69) is 9.88 Å². The highest BCUT2D eigenvalue weighted by Gasteiger charge is 2.50. The van der Waals surface area contributed by atoms with Crippen LogP contribution < -0.4 is 9.46 Å². The van der Waals surface area contributed by atoms with Crippen LogP contribution in [-0.2, 0) is 28.5 Å². The summed E-state index contributed by atoms with van der Waals surface area (Å²) in [5.41, 5.74) is 3.58. The fourth-order valence-electron chi connectivity index (χ4n) is 4.16. The summed E-state index contributed by atoms with van der Waals surface area (Å²) in [5.74, 6) is 1.02. The minimum atomic E-state index is -3.90. The number of fused-ring (bicyclic) bond motifs is 4. The largest absolute Gasteiger partial charge is 0.495 e. The molecule has 1 saturated carbocycles. The smallest absolute Gasteiger partial charge is 0.266 e. The van der Waals surface area contributed by atoms with E-state index in [1.165, 1.54) is 18.7 Å². The van der Waals surface area contributed by atoms with Gasteiger partial charge in [0.05, 0.1) is 13.7 Å². The standard InChI is InChI=1S/C21H20N2O5S/c1-27-17-4-2-3-5-18(17)29(25,26)23-20-15-11-21(8-9-21)16-7-6-13(12-24)10-14(16)19(15)28-22-20/h2-7,10,24H,8-9,11-12H2,1H3,(H,22,23). The zero-order valence-electron chi connectivity index (χ0n) is 15.8. The van der Waals surface area contributed by atoms with E-state index < -0.39 is 10.0 Å². The molecule has 7 nitrogen and oxygen atoms in total. The van der Waals surface area contributed by atoms with Crippen LogP contribution in [0.5, 0.6) is 5.75 Å². The van der Waals surface area contributed by atoms with Crippen LogP contribution in [0.4, 0.5) is 5.82 Å². The monoisotopic (exact) mass is 412 g/mol. The average Bonchev–Trinajstić information content (AvgIpc) is 3.40. The number of hydrogen-bond donors (Lipinski definition) is 2. The Hall–Kier alpha value is -2.84. The lowest BCUT2D eigenvalue weighted by molar-refractivity contribution is 0.282. The molecule has 0 atom stereocenters. The number of ether oxygens (including phenoxy) is 1. The Morgan fingerprint density at radius 3 is 2.76 bits per heavy atom. The van der Waals surface area contributed by atoms with Crippen LogP contribution in [0.2, 0.25) is 0 Å². The van der Waals surface area contributed by atoms with Crippen LogP contribution in [0.1, 0.15) is 29.5 Å². The summed E-state index contributed by atoms with van der Waals surface area (Å²) in [4.78, 5) is 0.0409. The number of benzene rings is 2. The van der Waals surface area contributed by atoms with Crippen molar-refractivity contribution in [3.05, 3.63) is 59.2 Å². The highest BCUT2D eigenvalue weighted by molar-refractivity contribution is 7.92. The zero-order valence-corrected chi connectivity index (χ0v) is 16.6. The van der Waals surface area contributed by atoms with E-state index in [4.69, 9.17) is 9.26 Å². The predicted octanol–water partition coefficient (Wildman–Crippen LogP) is 3.23. The van der Waals surface area contributed by atoms with Crippen molar-refractivity contribution in [2.24, 2.45) is 0 Å². The number of hydrogen-bond acceptors (Lipinski definition) is 6. The Morgan fingerprint density at radius 1 is 1.24 bits per heavy atom. The third-order valence-electron chi connectivity index (χ3n) is 5.83. The fraction of sp³-hybridized carbons (Fsp3) is 0.286. The fourth-order valence-corrected chi connectivity index (χ4v) is 5.36. The summed E-state index contributed by atoms with van der Waals surface area (Å²) >= 11 is 0. The molecule has 150 valence electrons. The maximum Gasteiger partial charge on any atom is 0.266 e. The molecule has 1 aromatic heterocycles. The third kappa shape index (κ3) is 2.82. The van der Waals surface area contributed by atoms with Gasteiger partial charge in [-0.1, -0.05) is 29.4 Å². The topological polar surface area (TPSA) is 102 Å². The molecule has 0 bridgehead atoms. The van der Waals surface area contributed by atoms with Gasteiger partial charge in [-0.3, -0.25) is 4.72 Å². The molecule has 1 fully saturated rings. The summed E-state index contributed by atoms with van der Waals surface area (Å²) in [5, 5.41) is 13.6. The molecule has 0 amide bonds. The molecule has 2 aromatic carbocycles. The third-order valence-corrected chi connectivity index (χ3v) is 7.21. The van der Waals surface area contributed by atoms with Crippen LogP contribution >= 0.6 is 0 Å². The van der Waals surface area contributed by atoms with Crippen LogP contribution in [0, 0.1) is 0 Å². The molecule has 1 spiro atoms. The highest BCUT2D eigenvalue weighted by atomic mass is 32.2. The van der Waals surface area contributed by atoms with E-state index in [1.54, 1.807) is 18.2 Å². The molecule has 2 aliphatic rings. The number of nitrogens with one attached hydrogen (secondary N) is 1. The summed E-state index contributed by atoms with van der Waals surface area (Å²) < 4.78 is 39.3. The molecule has 2 N–H and O–H groups in total. The van der Waals surface area contributed by atoms with Gasteiger partial charge in [0.2, 0.25) is 0 Å². The number of anilines is 1. The van der Waals surface area contributed by atoms with Crippen LogP contribution in [0.25, 0.3) is 11.3 Å². The number of rotatable bonds is 5. The Labute approximate surface area is 168 Å². The van der Waals surface area contributed by atoms with Crippen molar-refractivity contribution in [3.63, 3.8) is 0 Å². The number of nitrogens with zero attached hydrogens (tertiary/aromatic N) is 1. The lowest BCUT2D eigenvalue weighted by Gasteiger charge is -2.25. The predicted molar refractivity (Wildman–Crippen MR) is 106 cm³/mol. The molecule has 29 heavy (non-hydrogen) atoms. The van der Waals surface area contributed by atoms with E-state index in [0.717, 1.165) is 29.5 Å². The molecule has 5 rings (SSSR count). The van der Waals surface area contributed by atoms with Gasteiger partial charge in [-0.25, -0.2) is 8.42 Å². The molecule has 3 aromatic rings. The van der Waals surface area contributed by atoms with Crippen molar-refractivity contribution < 1.29 is 22.8 Å². The molecule has 0 saturated heterocycles. The molecular formula is C21H20N2O5S. The average molecular weight is 412 g/mol. The number of para-hydroxylation sites is 1. The summed E-state index contributed by atoms with van der Waals surface area (Å²) in [6.07, 6.45) is 2.73. The van der Waals surface area contributed by atoms with Gasteiger partial charge < -0.3 is 14.4 Å². The van der Waals surface area contributed by atoms with Gasteiger partial charge in [-0.15, -0.1) is 0 Å². The second-order valence-electron chi connectivity index (χ2n) is 7.59. The van der Waals surface area contributed by atoms with Crippen LogP contribution in [0.3, 0.4) is 0 Å². The SMILES string of the molecule is COc1ccccc1S(=O)(=O)Nc1noc2c1CC1(CC1)c1ccc(CO)cc1-2. The number of sulfonamides is 1. The van der Waals surface area contributed by atoms with Crippen molar-refractivity contribution in [2.45, 2.75) is 36.2 Å². The lowest BCUT2D eigenvalue weighted by atomic mass is 9.79. The van der Waals surface area contributed by atoms with E-state index in [0.29, 0.717) is 12.2 Å². The summed E-state index contributed by atoms with van der Waals surface area (Å²) in [6.45, 7) is -0.0724. The van der Waals surface area contributed by atoms with Gasteiger partial charge in [0.1, 0.15) is 10.6 Å².